The van der Waals surface area contributed by atoms with Crippen LogP contribution in [0, 0.1) is 0 Å². The Balaban J connectivity index is 1.38. The lowest BCUT2D eigenvalue weighted by molar-refractivity contribution is -0.117. The Morgan fingerprint density at radius 2 is 2.03 bits per heavy atom. The number of ether oxygens (including phenoxy) is 3. The van der Waals surface area contributed by atoms with E-state index in [2.05, 4.69) is 25.6 Å². The van der Waals surface area contributed by atoms with Gasteiger partial charge in [0.15, 0.2) is 16.6 Å². The van der Waals surface area contributed by atoms with Crippen molar-refractivity contribution < 1.29 is 23.8 Å². The average Bonchev–Trinajstić information content (AvgIpc) is 3.61. The number of fused-ring (bicyclic) bond motifs is 1. The van der Waals surface area contributed by atoms with Crippen molar-refractivity contribution >= 4 is 28.3 Å². The molecule has 0 unspecified atom stereocenters. The minimum atomic E-state index is -0.604. The molecule has 38 heavy (non-hydrogen) atoms. The number of aromatic nitrogens is 3. The van der Waals surface area contributed by atoms with Crippen molar-refractivity contribution in [3.05, 3.63) is 71.1 Å². The van der Waals surface area contributed by atoms with Crippen LogP contribution in [0.25, 0.3) is 11.3 Å². The molecule has 1 aliphatic heterocycles. The van der Waals surface area contributed by atoms with E-state index >= 15 is 0 Å². The van der Waals surface area contributed by atoms with Crippen LogP contribution < -0.4 is 20.1 Å². The van der Waals surface area contributed by atoms with Crippen molar-refractivity contribution in [2.75, 3.05) is 26.1 Å². The fourth-order valence-corrected chi connectivity index (χ4v) is 5.11. The predicted molar refractivity (Wildman–Crippen MR) is 143 cm³/mol. The maximum absolute atomic E-state index is 12.8. The number of benzene rings is 1. The number of carbonyl (C=O) groups excluding carboxylic acids is 2. The van der Waals surface area contributed by atoms with Gasteiger partial charge in [0.1, 0.15) is 11.4 Å². The lowest BCUT2D eigenvalue weighted by atomic mass is 9.81. The summed E-state index contributed by atoms with van der Waals surface area (Å²) in [7, 11) is 2.93. The SMILES string of the molecule is COC(=O)c1cc(-c2ccc(Oc3cc4c(cc3OC)CCN[C@]4(C)CC(=O)Nc3nccs3)cn2)c[nH]1. The first-order chi connectivity index (χ1) is 18.4. The summed E-state index contributed by atoms with van der Waals surface area (Å²) in [6.07, 6.45) is 5.99. The summed E-state index contributed by atoms with van der Waals surface area (Å²) in [5.41, 5.74) is 3.24. The van der Waals surface area contributed by atoms with E-state index in [0.717, 1.165) is 29.7 Å². The molecule has 0 radical (unpaired) electrons. The number of amides is 1. The van der Waals surface area contributed by atoms with Gasteiger partial charge in [-0.05, 0) is 54.8 Å². The van der Waals surface area contributed by atoms with Gasteiger partial charge in [0.2, 0.25) is 5.91 Å². The number of hydrogen-bond acceptors (Lipinski definition) is 9. The fraction of sp³-hybridized carbons (Fsp3) is 0.259. The molecule has 1 aromatic carbocycles. The van der Waals surface area contributed by atoms with Crippen LogP contribution in [0.3, 0.4) is 0 Å². The van der Waals surface area contributed by atoms with Gasteiger partial charge in [0.25, 0.3) is 0 Å². The number of esters is 1. The van der Waals surface area contributed by atoms with Gasteiger partial charge in [0, 0.05) is 41.8 Å². The van der Waals surface area contributed by atoms with Crippen molar-refractivity contribution in [3.8, 4) is 28.5 Å². The van der Waals surface area contributed by atoms with E-state index in [1.165, 1.54) is 18.4 Å². The highest BCUT2D eigenvalue weighted by Gasteiger charge is 2.35. The molecule has 3 N–H and O–H groups in total. The van der Waals surface area contributed by atoms with Crippen LogP contribution in [0.4, 0.5) is 5.13 Å². The molecule has 0 saturated heterocycles. The zero-order chi connectivity index (χ0) is 26.7. The minimum Gasteiger partial charge on any atom is -0.493 e. The monoisotopic (exact) mass is 533 g/mol. The van der Waals surface area contributed by atoms with Gasteiger partial charge in [-0.25, -0.2) is 9.78 Å². The van der Waals surface area contributed by atoms with Gasteiger partial charge in [-0.2, -0.15) is 0 Å². The van der Waals surface area contributed by atoms with Crippen LogP contribution in [-0.2, 0) is 21.5 Å². The molecule has 1 aliphatic rings. The summed E-state index contributed by atoms with van der Waals surface area (Å²) in [4.78, 5) is 36.0. The molecule has 11 heteroatoms. The molecule has 5 rings (SSSR count). The number of methoxy groups -OCH3 is 2. The van der Waals surface area contributed by atoms with Crippen molar-refractivity contribution in [1.29, 1.82) is 0 Å². The Labute approximate surface area is 223 Å². The van der Waals surface area contributed by atoms with E-state index in [4.69, 9.17) is 14.2 Å². The Morgan fingerprint density at radius 1 is 1.16 bits per heavy atom. The van der Waals surface area contributed by atoms with Gasteiger partial charge >= 0.3 is 5.97 Å². The van der Waals surface area contributed by atoms with Crippen LogP contribution in [0.5, 0.6) is 17.2 Å². The average molecular weight is 534 g/mol. The van der Waals surface area contributed by atoms with Crippen LogP contribution >= 0.6 is 11.3 Å². The molecule has 0 bridgehead atoms. The summed E-state index contributed by atoms with van der Waals surface area (Å²) in [6.45, 7) is 2.75. The summed E-state index contributed by atoms with van der Waals surface area (Å²) in [6, 6.07) is 9.18. The number of nitrogens with one attached hydrogen (secondary N) is 3. The Morgan fingerprint density at radius 3 is 2.74 bits per heavy atom. The van der Waals surface area contributed by atoms with Crippen molar-refractivity contribution in [2.24, 2.45) is 0 Å². The molecular formula is C27H27N5O5S. The third-order valence-electron chi connectivity index (χ3n) is 6.43. The molecular weight excluding hydrogens is 506 g/mol. The predicted octanol–water partition coefficient (Wildman–Crippen LogP) is 4.51. The summed E-state index contributed by atoms with van der Waals surface area (Å²) >= 11 is 1.38. The largest absolute Gasteiger partial charge is 0.493 e. The lowest BCUT2D eigenvalue weighted by Crippen LogP contribution is -2.47. The maximum Gasteiger partial charge on any atom is 0.354 e. The molecule has 10 nitrogen and oxygen atoms in total. The number of carbonyl (C=O) groups is 2. The first kappa shape index (κ1) is 25.4. The highest BCUT2D eigenvalue weighted by molar-refractivity contribution is 7.13. The van der Waals surface area contributed by atoms with Crippen LogP contribution in [0.1, 0.15) is 35.0 Å². The summed E-state index contributed by atoms with van der Waals surface area (Å²) < 4.78 is 16.6. The number of nitrogens with zero attached hydrogens (tertiary/aromatic N) is 2. The Kier molecular flexibility index (Phi) is 7.12. The van der Waals surface area contributed by atoms with Gasteiger partial charge in [-0.15, -0.1) is 11.3 Å². The van der Waals surface area contributed by atoms with E-state index in [0.29, 0.717) is 33.8 Å². The Hall–Kier alpha value is -4.22. The van der Waals surface area contributed by atoms with Crippen molar-refractivity contribution in [2.45, 2.75) is 25.3 Å². The lowest BCUT2D eigenvalue weighted by Gasteiger charge is -2.37. The number of aromatic amines is 1. The van der Waals surface area contributed by atoms with E-state index < -0.39 is 11.5 Å². The first-order valence-corrected chi connectivity index (χ1v) is 12.8. The molecule has 0 aliphatic carbocycles. The number of thiazole rings is 1. The number of H-pyrrole nitrogens is 1. The molecule has 1 amide bonds. The quantitative estimate of drug-likeness (QED) is 0.282. The Bertz CT molecular complexity index is 1450. The van der Waals surface area contributed by atoms with Gasteiger partial charge in [-0.1, -0.05) is 0 Å². The third kappa shape index (κ3) is 5.24. The smallest absolute Gasteiger partial charge is 0.354 e. The molecule has 4 aromatic rings. The zero-order valence-electron chi connectivity index (χ0n) is 21.2. The second kappa shape index (κ2) is 10.6. The minimum absolute atomic E-state index is 0.124. The number of hydrogen-bond donors (Lipinski definition) is 3. The zero-order valence-corrected chi connectivity index (χ0v) is 22.0. The number of pyridine rings is 1. The van der Waals surface area contributed by atoms with E-state index in [-0.39, 0.29) is 12.3 Å². The fourth-order valence-electron chi connectivity index (χ4n) is 4.57. The first-order valence-electron chi connectivity index (χ1n) is 12.0. The van der Waals surface area contributed by atoms with Gasteiger partial charge in [0.05, 0.1) is 26.1 Å². The molecule has 0 spiro atoms. The van der Waals surface area contributed by atoms with E-state index in [1.807, 2.05) is 24.4 Å². The third-order valence-corrected chi connectivity index (χ3v) is 7.12. The van der Waals surface area contributed by atoms with E-state index in [9.17, 15) is 9.59 Å². The second-order valence-electron chi connectivity index (χ2n) is 9.01. The van der Waals surface area contributed by atoms with Crippen molar-refractivity contribution in [1.82, 2.24) is 20.3 Å². The van der Waals surface area contributed by atoms with Crippen LogP contribution in [0.2, 0.25) is 0 Å². The summed E-state index contributed by atoms with van der Waals surface area (Å²) in [5.74, 6) is 1.06. The van der Waals surface area contributed by atoms with Gasteiger partial charge in [-0.3, -0.25) is 9.78 Å². The standard InChI is InChI=1S/C27H27N5O5S/c1-27(13-24(33)32-26-28-8-9-38-26)19-12-23(22(35-2)11-16(19)6-7-31-27)37-18-4-5-20(30-15-18)17-10-21(29-14-17)25(34)36-3/h4-5,8-12,14-15,29,31H,6-7,13H2,1-3H3,(H,28,32,33)/t27-/m1/s1. The molecule has 3 aromatic heterocycles. The summed E-state index contributed by atoms with van der Waals surface area (Å²) in [5, 5.41) is 8.77. The molecule has 196 valence electrons. The molecule has 0 fully saturated rings. The molecule has 1 atom stereocenters. The van der Waals surface area contributed by atoms with Gasteiger partial charge < -0.3 is 29.8 Å². The highest BCUT2D eigenvalue weighted by Crippen LogP contribution is 2.41. The maximum atomic E-state index is 12.8. The van der Waals surface area contributed by atoms with Crippen molar-refractivity contribution in [3.63, 3.8) is 0 Å². The molecule has 0 saturated carbocycles. The highest BCUT2D eigenvalue weighted by atomic mass is 32.1. The van der Waals surface area contributed by atoms with E-state index in [1.54, 1.807) is 43.9 Å². The second-order valence-corrected chi connectivity index (χ2v) is 9.90. The van der Waals surface area contributed by atoms with Crippen LogP contribution in [-0.4, -0.2) is 47.6 Å². The topological polar surface area (TPSA) is 127 Å². The number of rotatable bonds is 8. The normalized spacial score (nSPS) is 16.4. The van der Waals surface area contributed by atoms with Crippen LogP contribution in [0.15, 0.2) is 54.3 Å². The number of anilines is 1. The molecule has 4 heterocycles.